The Bertz CT molecular complexity index is 373. The number of aliphatic hydroxyl groups is 1. The molecule has 1 heterocycles. The molecule has 0 aromatic heterocycles. The molecule has 94 valence electrons. The van der Waals surface area contributed by atoms with E-state index in [9.17, 15) is 9.50 Å². The van der Waals surface area contributed by atoms with Crippen LogP contribution in [0, 0.1) is 5.82 Å². The lowest BCUT2D eigenvalue weighted by atomic mass is 10.1. The van der Waals surface area contributed by atoms with Crippen molar-refractivity contribution in [2.24, 2.45) is 0 Å². The summed E-state index contributed by atoms with van der Waals surface area (Å²) in [6, 6.07) is 4.55. The first-order chi connectivity index (χ1) is 8.16. The molecule has 1 aliphatic rings. The van der Waals surface area contributed by atoms with Crippen LogP contribution in [0.2, 0.25) is 0 Å². The molecule has 17 heavy (non-hydrogen) atoms. The van der Waals surface area contributed by atoms with E-state index < -0.39 is 11.9 Å². The molecule has 1 fully saturated rings. The minimum atomic E-state index is -0.804. The van der Waals surface area contributed by atoms with Crippen LogP contribution < -0.4 is 4.74 Å². The second-order valence-corrected chi connectivity index (χ2v) is 4.32. The van der Waals surface area contributed by atoms with E-state index in [1.165, 1.54) is 13.0 Å². The van der Waals surface area contributed by atoms with Crippen LogP contribution >= 0.6 is 0 Å². The molecule has 0 bridgehead atoms. The summed E-state index contributed by atoms with van der Waals surface area (Å²) in [5.41, 5.74) is 0.289. The summed E-state index contributed by atoms with van der Waals surface area (Å²) in [4.78, 5) is 0. The van der Waals surface area contributed by atoms with Gasteiger partial charge >= 0.3 is 0 Å². The second-order valence-electron chi connectivity index (χ2n) is 4.32. The van der Waals surface area contributed by atoms with Gasteiger partial charge in [0.05, 0.1) is 12.7 Å². The molecule has 0 amide bonds. The number of aliphatic hydroxyl groups excluding tert-OH is 1. The van der Waals surface area contributed by atoms with Crippen molar-refractivity contribution in [2.75, 3.05) is 13.2 Å². The van der Waals surface area contributed by atoms with Gasteiger partial charge in [-0.05, 0) is 31.9 Å². The third kappa shape index (κ3) is 3.17. The van der Waals surface area contributed by atoms with Gasteiger partial charge in [0.2, 0.25) is 0 Å². The lowest BCUT2D eigenvalue weighted by Gasteiger charge is -2.23. The Labute approximate surface area is 100 Å². The number of ether oxygens (including phenoxy) is 2. The highest BCUT2D eigenvalue weighted by atomic mass is 19.1. The molecule has 1 aliphatic heterocycles. The smallest absolute Gasteiger partial charge is 0.132 e. The maximum Gasteiger partial charge on any atom is 0.132 e. The molecule has 0 radical (unpaired) electrons. The van der Waals surface area contributed by atoms with Crippen molar-refractivity contribution in [3.05, 3.63) is 29.6 Å². The first kappa shape index (κ1) is 12.3. The van der Waals surface area contributed by atoms with Crippen LogP contribution in [-0.2, 0) is 4.74 Å². The quantitative estimate of drug-likeness (QED) is 0.882. The van der Waals surface area contributed by atoms with Crippen LogP contribution in [0.15, 0.2) is 18.2 Å². The highest BCUT2D eigenvalue weighted by Crippen LogP contribution is 2.23. The molecular weight excluding hydrogens is 223 g/mol. The molecule has 2 rings (SSSR count). The largest absolute Gasteiger partial charge is 0.488 e. The Morgan fingerprint density at radius 3 is 2.94 bits per heavy atom. The standard InChI is InChI=1S/C13H17FO3/c1-9(15)12-5-4-10(7-13(12)14)17-11-3-2-6-16-8-11/h4-5,7,9,11,15H,2-3,6,8H2,1H3/t9-,11?/m0/s1. The fourth-order valence-corrected chi connectivity index (χ4v) is 1.92. The summed E-state index contributed by atoms with van der Waals surface area (Å²) in [5, 5.41) is 9.32. The average molecular weight is 240 g/mol. The van der Waals surface area contributed by atoms with Crippen molar-refractivity contribution in [1.29, 1.82) is 0 Å². The highest BCUT2D eigenvalue weighted by Gasteiger charge is 2.16. The molecule has 3 nitrogen and oxygen atoms in total. The van der Waals surface area contributed by atoms with E-state index in [2.05, 4.69) is 0 Å². The Morgan fingerprint density at radius 2 is 2.35 bits per heavy atom. The molecule has 0 saturated carbocycles. The van der Waals surface area contributed by atoms with E-state index >= 15 is 0 Å². The summed E-state index contributed by atoms with van der Waals surface area (Å²) in [5.74, 6) is 0.0524. The molecule has 1 unspecified atom stereocenters. The van der Waals surface area contributed by atoms with Crippen LogP contribution in [-0.4, -0.2) is 24.4 Å². The molecule has 1 N–H and O–H groups in total. The Balaban J connectivity index is 2.04. The Hall–Kier alpha value is -1.13. The molecule has 4 heteroatoms. The normalized spacial score (nSPS) is 22.2. The average Bonchev–Trinajstić information content (AvgIpc) is 2.30. The topological polar surface area (TPSA) is 38.7 Å². The number of rotatable bonds is 3. The summed E-state index contributed by atoms with van der Waals surface area (Å²) >= 11 is 0. The maximum absolute atomic E-state index is 13.6. The monoisotopic (exact) mass is 240 g/mol. The third-order valence-corrected chi connectivity index (χ3v) is 2.84. The van der Waals surface area contributed by atoms with Crippen LogP contribution in [0.1, 0.15) is 31.4 Å². The molecule has 2 atom stereocenters. The third-order valence-electron chi connectivity index (χ3n) is 2.84. The van der Waals surface area contributed by atoms with Gasteiger partial charge in [-0.25, -0.2) is 4.39 Å². The second kappa shape index (κ2) is 5.47. The van der Waals surface area contributed by atoms with Gasteiger partial charge in [-0.2, -0.15) is 0 Å². The van der Waals surface area contributed by atoms with Gasteiger partial charge < -0.3 is 14.6 Å². The van der Waals surface area contributed by atoms with Gasteiger partial charge in [0.1, 0.15) is 17.7 Å². The summed E-state index contributed by atoms with van der Waals surface area (Å²) < 4.78 is 24.5. The van der Waals surface area contributed by atoms with E-state index in [-0.39, 0.29) is 11.7 Å². The predicted octanol–water partition coefficient (Wildman–Crippen LogP) is 2.44. The molecular formula is C13H17FO3. The zero-order valence-electron chi connectivity index (χ0n) is 9.86. The van der Waals surface area contributed by atoms with Crippen molar-refractivity contribution in [3.63, 3.8) is 0 Å². The summed E-state index contributed by atoms with van der Waals surface area (Å²) in [6.07, 6.45) is 1.10. The highest BCUT2D eigenvalue weighted by molar-refractivity contribution is 5.30. The van der Waals surface area contributed by atoms with E-state index in [1.54, 1.807) is 12.1 Å². The zero-order chi connectivity index (χ0) is 12.3. The van der Waals surface area contributed by atoms with Crippen molar-refractivity contribution in [2.45, 2.75) is 32.0 Å². The van der Waals surface area contributed by atoms with Gasteiger partial charge in [0, 0.05) is 18.2 Å². The molecule has 0 spiro atoms. The maximum atomic E-state index is 13.6. The number of hydrogen-bond acceptors (Lipinski definition) is 3. The first-order valence-electron chi connectivity index (χ1n) is 5.88. The van der Waals surface area contributed by atoms with Gasteiger partial charge in [-0.3, -0.25) is 0 Å². The number of halogens is 1. The Morgan fingerprint density at radius 1 is 1.53 bits per heavy atom. The lowest BCUT2D eigenvalue weighted by Crippen LogP contribution is -2.28. The SMILES string of the molecule is C[C@H](O)c1ccc(OC2CCCOC2)cc1F. The summed E-state index contributed by atoms with van der Waals surface area (Å²) in [7, 11) is 0. The van der Waals surface area contributed by atoms with Gasteiger partial charge in [0.15, 0.2) is 0 Å². The number of benzene rings is 1. The van der Waals surface area contributed by atoms with Crippen molar-refractivity contribution < 1.29 is 19.0 Å². The van der Waals surface area contributed by atoms with Gasteiger partial charge in [-0.15, -0.1) is 0 Å². The van der Waals surface area contributed by atoms with Crippen LogP contribution in [0.5, 0.6) is 5.75 Å². The molecule has 1 aromatic carbocycles. The zero-order valence-corrected chi connectivity index (χ0v) is 9.86. The molecule has 0 aliphatic carbocycles. The van der Waals surface area contributed by atoms with E-state index in [1.807, 2.05) is 0 Å². The predicted molar refractivity (Wildman–Crippen MR) is 61.5 cm³/mol. The summed E-state index contributed by atoms with van der Waals surface area (Å²) in [6.45, 7) is 2.86. The Kier molecular flexibility index (Phi) is 3.97. The van der Waals surface area contributed by atoms with Gasteiger partial charge in [-0.1, -0.05) is 0 Å². The minimum Gasteiger partial charge on any atom is -0.488 e. The van der Waals surface area contributed by atoms with Crippen LogP contribution in [0.25, 0.3) is 0 Å². The van der Waals surface area contributed by atoms with Crippen LogP contribution in [0.3, 0.4) is 0 Å². The lowest BCUT2D eigenvalue weighted by molar-refractivity contribution is 0.00727. The van der Waals surface area contributed by atoms with Crippen molar-refractivity contribution in [3.8, 4) is 5.75 Å². The van der Waals surface area contributed by atoms with Crippen molar-refractivity contribution >= 4 is 0 Å². The fourth-order valence-electron chi connectivity index (χ4n) is 1.92. The fraction of sp³-hybridized carbons (Fsp3) is 0.538. The number of hydrogen-bond donors (Lipinski definition) is 1. The first-order valence-corrected chi connectivity index (χ1v) is 5.88. The molecule has 1 aromatic rings. The van der Waals surface area contributed by atoms with Crippen molar-refractivity contribution in [1.82, 2.24) is 0 Å². The van der Waals surface area contributed by atoms with E-state index in [0.29, 0.717) is 12.4 Å². The van der Waals surface area contributed by atoms with E-state index in [4.69, 9.17) is 9.47 Å². The van der Waals surface area contributed by atoms with E-state index in [0.717, 1.165) is 19.4 Å². The van der Waals surface area contributed by atoms with Gasteiger partial charge in [0.25, 0.3) is 0 Å². The minimum absolute atomic E-state index is 0.000509. The van der Waals surface area contributed by atoms with Crippen LogP contribution in [0.4, 0.5) is 4.39 Å². The molecule has 1 saturated heterocycles.